The molecule has 2 aliphatic rings. The molecular formula is C17H20N2O6. The molecule has 1 aromatic carbocycles. The van der Waals surface area contributed by atoms with Crippen molar-refractivity contribution < 1.29 is 29.0 Å². The molecule has 1 atom stereocenters. The summed E-state index contributed by atoms with van der Waals surface area (Å²) in [4.78, 5) is 38.1. The Morgan fingerprint density at radius 3 is 2.88 bits per heavy atom. The van der Waals surface area contributed by atoms with Crippen molar-refractivity contribution in [3.05, 3.63) is 24.3 Å². The number of hydrogen-bond donors (Lipinski definition) is 1. The molecule has 2 saturated heterocycles. The minimum atomic E-state index is -1.08. The van der Waals surface area contributed by atoms with Gasteiger partial charge in [-0.1, -0.05) is 6.07 Å². The van der Waals surface area contributed by atoms with Gasteiger partial charge in [0, 0.05) is 31.3 Å². The van der Waals surface area contributed by atoms with Crippen LogP contribution >= 0.6 is 0 Å². The molecule has 25 heavy (non-hydrogen) atoms. The zero-order valence-corrected chi connectivity index (χ0v) is 13.7. The van der Waals surface area contributed by atoms with Crippen molar-refractivity contribution in [2.75, 3.05) is 37.7 Å². The van der Waals surface area contributed by atoms with Crippen molar-refractivity contribution in [3.63, 3.8) is 0 Å². The number of aliphatic carboxylic acids is 1. The van der Waals surface area contributed by atoms with Crippen LogP contribution < -0.4 is 9.64 Å². The average Bonchev–Trinajstić information content (AvgIpc) is 3.06. The highest BCUT2D eigenvalue weighted by atomic mass is 16.5. The zero-order valence-electron chi connectivity index (χ0n) is 13.7. The first-order valence-corrected chi connectivity index (χ1v) is 8.20. The van der Waals surface area contributed by atoms with Crippen LogP contribution in [-0.2, 0) is 19.1 Å². The maximum atomic E-state index is 12.2. The monoisotopic (exact) mass is 348 g/mol. The van der Waals surface area contributed by atoms with Crippen LogP contribution in [0, 0.1) is 0 Å². The fourth-order valence-corrected chi connectivity index (χ4v) is 2.92. The molecule has 0 unspecified atom stereocenters. The molecule has 0 saturated carbocycles. The first kappa shape index (κ1) is 17.2. The molecule has 8 heteroatoms. The van der Waals surface area contributed by atoms with E-state index in [1.54, 1.807) is 23.1 Å². The molecule has 0 aliphatic carbocycles. The van der Waals surface area contributed by atoms with E-state index in [4.69, 9.17) is 14.6 Å². The first-order chi connectivity index (χ1) is 12.0. The Morgan fingerprint density at radius 2 is 2.16 bits per heavy atom. The highest BCUT2D eigenvalue weighted by molar-refractivity contribution is 5.95. The number of amides is 2. The van der Waals surface area contributed by atoms with E-state index in [1.807, 2.05) is 6.07 Å². The van der Waals surface area contributed by atoms with E-state index in [-0.39, 0.29) is 31.6 Å². The number of carboxylic acid groups (broad SMARTS) is 1. The summed E-state index contributed by atoms with van der Waals surface area (Å²) in [6.07, 6.45) is 0.386. The number of nitrogens with zero attached hydrogens (tertiary/aromatic N) is 2. The molecule has 1 N–H and O–H groups in total. The van der Waals surface area contributed by atoms with Gasteiger partial charge in [-0.3, -0.25) is 9.59 Å². The summed E-state index contributed by atoms with van der Waals surface area (Å²) >= 11 is 0. The van der Waals surface area contributed by atoms with Crippen LogP contribution in [0.5, 0.6) is 5.75 Å². The van der Waals surface area contributed by atoms with Gasteiger partial charge >= 0.3 is 5.97 Å². The largest absolute Gasteiger partial charge is 0.484 e. The summed E-state index contributed by atoms with van der Waals surface area (Å²) in [6, 6.07) is 7.06. The lowest BCUT2D eigenvalue weighted by atomic mass is 10.2. The van der Waals surface area contributed by atoms with E-state index >= 15 is 0 Å². The molecule has 134 valence electrons. The first-order valence-electron chi connectivity index (χ1n) is 8.20. The van der Waals surface area contributed by atoms with Crippen LogP contribution in [0.2, 0.25) is 0 Å². The van der Waals surface area contributed by atoms with E-state index in [1.165, 1.54) is 4.90 Å². The number of carbonyl (C=O) groups is 3. The molecule has 0 radical (unpaired) electrons. The normalized spacial score (nSPS) is 20.6. The number of hydrogen-bond acceptors (Lipinski definition) is 5. The van der Waals surface area contributed by atoms with Crippen LogP contribution in [0.3, 0.4) is 0 Å². The van der Waals surface area contributed by atoms with Gasteiger partial charge in [-0.15, -0.1) is 0 Å². The Morgan fingerprint density at radius 1 is 1.32 bits per heavy atom. The smallest absolute Gasteiger partial charge is 0.334 e. The number of anilines is 1. The van der Waals surface area contributed by atoms with Gasteiger partial charge in [0.15, 0.2) is 12.7 Å². The SMILES string of the molecule is O=C(O)[C@H]1CN(C(=O)COc2cccc(N3CCCC3=O)c2)CCO1. The van der Waals surface area contributed by atoms with Gasteiger partial charge in [0.05, 0.1) is 13.2 Å². The number of benzene rings is 1. The quantitative estimate of drug-likeness (QED) is 0.833. The zero-order chi connectivity index (χ0) is 17.8. The van der Waals surface area contributed by atoms with Crippen LogP contribution in [0.15, 0.2) is 24.3 Å². The molecule has 2 fully saturated rings. The van der Waals surface area contributed by atoms with E-state index in [0.29, 0.717) is 25.3 Å². The molecular weight excluding hydrogens is 328 g/mol. The molecule has 0 spiro atoms. The summed E-state index contributed by atoms with van der Waals surface area (Å²) in [6.45, 7) is 1.04. The van der Waals surface area contributed by atoms with Crippen molar-refractivity contribution in [2.24, 2.45) is 0 Å². The molecule has 2 amide bonds. The van der Waals surface area contributed by atoms with Crippen molar-refractivity contribution in [1.29, 1.82) is 0 Å². The van der Waals surface area contributed by atoms with Gasteiger partial charge in [-0.2, -0.15) is 0 Å². The second-order valence-corrected chi connectivity index (χ2v) is 5.97. The summed E-state index contributed by atoms with van der Waals surface area (Å²) in [5.41, 5.74) is 0.754. The number of carbonyl (C=O) groups excluding carboxylic acids is 2. The second-order valence-electron chi connectivity index (χ2n) is 5.97. The van der Waals surface area contributed by atoms with Crippen molar-refractivity contribution in [2.45, 2.75) is 18.9 Å². The third kappa shape index (κ3) is 4.08. The third-order valence-electron chi connectivity index (χ3n) is 4.26. The molecule has 8 nitrogen and oxygen atoms in total. The highest BCUT2D eigenvalue weighted by Gasteiger charge is 2.29. The van der Waals surface area contributed by atoms with Crippen molar-refractivity contribution in [1.82, 2.24) is 4.90 Å². The molecule has 0 bridgehead atoms. The lowest BCUT2D eigenvalue weighted by Crippen LogP contribution is -2.49. The van der Waals surface area contributed by atoms with Gasteiger partial charge in [0.2, 0.25) is 5.91 Å². The number of carboxylic acids is 1. The van der Waals surface area contributed by atoms with E-state index < -0.39 is 12.1 Å². The maximum Gasteiger partial charge on any atom is 0.334 e. The number of morpholine rings is 1. The van der Waals surface area contributed by atoms with E-state index in [2.05, 4.69) is 0 Å². The maximum absolute atomic E-state index is 12.2. The lowest BCUT2D eigenvalue weighted by Gasteiger charge is -2.30. The van der Waals surface area contributed by atoms with Gasteiger partial charge in [-0.25, -0.2) is 4.79 Å². The Kier molecular flexibility index (Phi) is 5.18. The number of rotatable bonds is 5. The van der Waals surface area contributed by atoms with Crippen molar-refractivity contribution >= 4 is 23.5 Å². The Hall–Kier alpha value is -2.61. The summed E-state index contributed by atoms with van der Waals surface area (Å²) in [7, 11) is 0. The molecule has 0 aromatic heterocycles. The molecule has 2 heterocycles. The van der Waals surface area contributed by atoms with Gasteiger partial charge in [-0.05, 0) is 18.6 Å². The fourth-order valence-electron chi connectivity index (χ4n) is 2.92. The lowest BCUT2D eigenvalue weighted by molar-refractivity contribution is -0.159. The van der Waals surface area contributed by atoms with Crippen LogP contribution in [-0.4, -0.2) is 66.7 Å². The van der Waals surface area contributed by atoms with Gasteiger partial charge in [0.25, 0.3) is 5.91 Å². The predicted molar refractivity (Wildman–Crippen MR) is 87.5 cm³/mol. The second kappa shape index (κ2) is 7.52. The van der Waals surface area contributed by atoms with Crippen molar-refractivity contribution in [3.8, 4) is 5.75 Å². The molecule has 2 aliphatic heterocycles. The van der Waals surface area contributed by atoms with Gasteiger partial charge < -0.3 is 24.4 Å². The third-order valence-corrected chi connectivity index (χ3v) is 4.26. The molecule has 3 rings (SSSR count). The Balaban J connectivity index is 1.57. The standard InChI is InChI=1S/C17H20N2O6/c20-15-5-2-6-19(15)12-3-1-4-13(9-12)25-11-16(21)18-7-8-24-14(10-18)17(22)23/h1,3-4,9,14H,2,5-8,10-11H2,(H,22,23)/t14-/m1/s1. The van der Waals surface area contributed by atoms with Crippen LogP contribution in [0.4, 0.5) is 5.69 Å². The minimum absolute atomic E-state index is 0.0137. The summed E-state index contributed by atoms with van der Waals surface area (Å²) in [5, 5.41) is 8.98. The highest BCUT2D eigenvalue weighted by Crippen LogP contribution is 2.25. The Labute approximate surface area is 144 Å². The van der Waals surface area contributed by atoms with Crippen LogP contribution in [0.25, 0.3) is 0 Å². The van der Waals surface area contributed by atoms with E-state index in [9.17, 15) is 14.4 Å². The predicted octanol–water partition coefficient (Wildman–Crippen LogP) is 0.504. The summed E-state index contributed by atoms with van der Waals surface area (Å²) in [5.74, 6) is -0.798. The minimum Gasteiger partial charge on any atom is -0.484 e. The number of ether oxygens (including phenoxy) is 2. The topological polar surface area (TPSA) is 96.4 Å². The Bertz CT molecular complexity index is 677. The van der Waals surface area contributed by atoms with Crippen LogP contribution in [0.1, 0.15) is 12.8 Å². The van der Waals surface area contributed by atoms with Gasteiger partial charge in [0.1, 0.15) is 5.75 Å². The molecule has 1 aromatic rings. The average molecular weight is 348 g/mol. The fraction of sp³-hybridized carbons (Fsp3) is 0.471. The summed E-state index contributed by atoms with van der Waals surface area (Å²) < 4.78 is 10.6. The van der Waals surface area contributed by atoms with E-state index in [0.717, 1.165) is 12.1 Å².